The van der Waals surface area contributed by atoms with E-state index in [4.69, 9.17) is 0 Å². The van der Waals surface area contributed by atoms with Crippen LogP contribution in [0.5, 0.6) is 0 Å². The van der Waals surface area contributed by atoms with Crippen LogP contribution in [-0.2, 0) is 13.0 Å². The van der Waals surface area contributed by atoms with Crippen molar-refractivity contribution in [2.45, 2.75) is 25.9 Å². The smallest absolute Gasteiger partial charge is 0.315 e. The number of urea groups is 1. The zero-order chi connectivity index (χ0) is 18.2. The number of nitrogens with zero attached hydrogens (tertiary/aromatic N) is 1. The van der Waals surface area contributed by atoms with Crippen molar-refractivity contribution in [3.8, 4) is 0 Å². The highest BCUT2D eigenvalue weighted by Crippen LogP contribution is 2.18. The average molecular weight is 343 g/mol. The van der Waals surface area contributed by atoms with Crippen LogP contribution < -0.4 is 10.6 Å². The van der Waals surface area contributed by atoms with Crippen molar-refractivity contribution in [2.24, 2.45) is 0 Å². The topological polar surface area (TPSA) is 44.4 Å². The summed E-state index contributed by atoms with van der Waals surface area (Å²) in [6, 6.07) is 14.6. The molecule has 0 bridgehead atoms. The van der Waals surface area contributed by atoms with Gasteiger partial charge in [-0.15, -0.1) is 0 Å². The Kier molecular flexibility index (Phi) is 6.95. The van der Waals surface area contributed by atoms with Gasteiger partial charge in [0.15, 0.2) is 0 Å². The minimum Gasteiger partial charge on any atom is -0.336 e. The van der Waals surface area contributed by atoms with Gasteiger partial charge < -0.3 is 15.5 Å². The molecule has 0 spiro atoms. The highest BCUT2D eigenvalue weighted by Gasteiger charge is 2.15. The van der Waals surface area contributed by atoms with Crippen LogP contribution in [-0.4, -0.2) is 31.6 Å². The monoisotopic (exact) mass is 343 g/mol. The molecule has 1 atom stereocenters. The van der Waals surface area contributed by atoms with Gasteiger partial charge in [-0.3, -0.25) is 0 Å². The molecule has 0 saturated carbocycles. The summed E-state index contributed by atoms with van der Waals surface area (Å²) in [5, 5.41) is 5.56. The Morgan fingerprint density at radius 2 is 1.76 bits per heavy atom. The van der Waals surface area contributed by atoms with Crippen molar-refractivity contribution >= 4 is 6.03 Å². The predicted octanol–water partition coefficient (Wildman–Crippen LogP) is 3.49. The van der Waals surface area contributed by atoms with Crippen LogP contribution >= 0.6 is 0 Å². The van der Waals surface area contributed by atoms with E-state index in [1.54, 1.807) is 18.2 Å². The second-order valence-electron chi connectivity index (χ2n) is 6.23. The number of halogens is 1. The molecule has 0 radical (unpaired) electrons. The number of nitrogens with one attached hydrogen (secondary N) is 2. The third kappa shape index (κ3) is 5.57. The fourth-order valence-electron chi connectivity index (χ4n) is 2.64. The molecule has 2 N–H and O–H groups in total. The molecule has 134 valence electrons. The molecule has 1 unspecified atom stereocenters. The van der Waals surface area contributed by atoms with E-state index in [2.05, 4.69) is 46.7 Å². The molecule has 5 heteroatoms. The van der Waals surface area contributed by atoms with Crippen LogP contribution in [0.15, 0.2) is 48.5 Å². The lowest BCUT2D eigenvalue weighted by Crippen LogP contribution is -2.40. The molecule has 2 aromatic rings. The second-order valence-corrected chi connectivity index (χ2v) is 6.23. The lowest BCUT2D eigenvalue weighted by molar-refractivity contribution is 0.232. The van der Waals surface area contributed by atoms with Gasteiger partial charge in [-0.1, -0.05) is 49.4 Å². The maximum atomic E-state index is 13.6. The fourth-order valence-corrected chi connectivity index (χ4v) is 2.64. The SMILES string of the molecule is CCc1ccc(C(CNC(=O)NCc2ccccc2F)N(C)C)cc1. The van der Waals surface area contributed by atoms with Crippen molar-refractivity contribution in [2.75, 3.05) is 20.6 Å². The molecule has 2 rings (SSSR count). The first-order valence-electron chi connectivity index (χ1n) is 8.51. The van der Waals surface area contributed by atoms with Gasteiger partial charge >= 0.3 is 6.03 Å². The number of hydrogen-bond acceptors (Lipinski definition) is 2. The maximum absolute atomic E-state index is 13.6. The second kappa shape index (κ2) is 9.18. The van der Waals surface area contributed by atoms with Crippen molar-refractivity contribution in [3.05, 3.63) is 71.0 Å². The van der Waals surface area contributed by atoms with E-state index in [1.165, 1.54) is 11.6 Å². The third-order valence-electron chi connectivity index (χ3n) is 4.25. The number of carbonyl (C=O) groups is 1. The maximum Gasteiger partial charge on any atom is 0.315 e. The minimum absolute atomic E-state index is 0.0742. The van der Waals surface area contributed by atoms with E-state index in [9.17, 15) is 9.18 Å². The zero-order valence-corrected chi connectivity index (χ0v) is 15.1. The molecule has 2 aromatic carbocycles. The summed E-state index contributed by atoms with van der Waals surface area (Å²) in [6.07, 6.45) is 1.00. The van der Waals surface area contributed by atoms with Crippen molar-refractivity contribution in [3.63, 3.8) is 0 Å². The van der Waals surface area contributed by atoms with Crippen LogP contribution in [0.4, 0.5) is 9.18 Å². The summed E-state index contributed by atoms with van der Waals surface area (Å²) in [4.78, 5) is 14.1. The normalized spacial score (nSPS) is 12.0. The average Bonchev–Trinajstić information content (AvgIpc) is 2.61. The molecule has 0 aliphatic rings. The Bertz CT molecular complexity index is 686. The highest BCUT2D eigenvalue weighted by molar-refractivity contribution is 5.73. The zero-order valence-electron chi connectivity index (χ0n) is 15.1. The van der Waals surface area contributed by atoms with Crippen molar-refractivity contribution in [1.82, 2.24) is 15.5 Å². The highest BCUT2D eigenvalue weighted by atomic mass is 19.1. The largest absolute Gasteiger partial charge is 0.336 e. The van der Waals surface area contributed by atoms with E-state index in [0.29, 0.717) is 12.1 Å². The molecular formula is C20H26FN3O. The van der Waals surface area contributed by atoms with Gasteiger partial charge in [0, 0.05) is 18.7 Å². The van der Waals surface area contributed by atoms with Gasteiger partial charge in [-0.05, 0) is 37.7 Å². The van der Waals surface area contributed by atoms with Gasteiger partial charge in [0.2, 0.25) is 0 Å². The Morgan fingerprint density at radius 1 is 1.08 bits per heavy atom. The number of rotatable bonds is 7. The van der Waals surface area contributed by atoms with Crippen LogP contribution in [0.25, 0.3) is 0 Å². The molecule has 0 aromatic heterocycles. The number of amides is 2. The number of aryl methyl sites for hydroxylation is 1. The Morgan fingerprint density at radius 3 is 2.36 bits per heavy atom. The van der Waals surface area contributed by atoms with Gasteiger partial charge in [0.25, 0.3) is 0 Å². The van der Waals surface area contributed by atoms with Crippen molar-refractivity contribution in [1.29, 1.82) is 0 Å². The first-order chi connectivity index (χ1) is 12.0. The molecule has 25 heavy (non-hydrogen) atoms. The summed E-state index contributed by atoms with van der Waals surface area (Å²) in [6.45, 7) is 2.76. The summed E-state index contributed by atoms with van der Waals surface area (Å²) >= 11 is 0. The van der Waals surface area contributed by atoms with E-state index >= 15 is 0 Å². The summed E-state index contributed by atoms with van der Waals surface area (Å²) in [7, 11) is 3.97. The lowest BCUT2D eigenvalue weighted by Gasteiger charge is -2.25. The summed E-state index contributed by atoms with van der Waals surface area (Å²) in [5.41, 5.74) is 2.91. The molecule has 0 aliphatic heterocycles. The van der Waals surface area contributed by atoms with E-state index < -0.39 is 0 Å². The number of carbonyl (C=O) groups excluding carboxylic acids is 1. The van der Waals surface area contributed by atoms with E-state index in [1.807, 2.05) is 14.1 Å². The van der Waals surface area contributed by atoms with E-state index in [-0.39, 0.29) is 24.4 Å². The molecule has 0 aliphatic carbocycles. The van der Waals surface area contributed by atoms with Gasteiger partial charge in [0.1, 0.15) is 5.82 Å². The summed E-state index contributed by atoms with van der Waals surface area (Å²) in [5.74, 6) is -0.315. The Hall–Kier alpha value is -2.40. The quantitative estimate of drug-likeness (QED) is 0.808. The number of hydrogen-bond donors (Lipinski definition) is 2. The summed E-state index contributed by atoms with van der Waals surface area (Å²) < 4.78 is 13.6. The molecule has 0 fully saturated rings. The standard InChI is InChI=1S/C20H26FN3O/c1-4-15-9-11-16(12-10-15)19(24(2)3)14-23-20(25)22-13-17-7-5-6-8-18(17)21/h5-12,19H,4,13-14H2,1-3H3,(H2,22,23,25). The molecule has 4 nitrogen and oxygen atoms in total. The van der Waals surface area contributed by atoms with Crippen molar-refractivity contribution < 1.29 is 9.18 Å². The predicted molar refractivity (Wildman–Crippen MR) is 98.9 cm³/mol. The molecular weight excluding hydrogens is 317 g/mol. The van der Waals surface area contributed by atoms with Gasteiger partial charge in [0.05, 0.1) is 6.04 Å². The van der Waals surface area contributed by atoms with E-state index in [0.717, 1.165) is 12.0 Å². The van der Waals surface area contributed by atoms with Crippen LogP contribution in [0.3, 0.4) is 0 Å². The van der Waals surface area contributed by atoms with Gasteiger partial charge in [-0.2, -0.15) is 0 Å². The number of likely N-dealkylation sites (N-methyl/N-ethyl adjacent to an activating group) is 1. The fraction of sp³-hybridized carbons (Fsp3) is 0.350. The number of benzene rings is 2. The van der Waals surface area contributed by atoms with Crippen LogP contribution in [0.2, 0.25) is 0 Å². The van der Waals surface area contributed by atoms with Crippen LogP contribution in [0.1, 0.15) is 29.7 Å². The molecule has 0 heterocycles. The Labute approximate surface area is 149 Å². The minimum atomic E-state index is -0.315. The third-order valence-corrected chi connectivity index (χ3v) is 4.25. The van der Waals surface area contributed by atoms with Crippen LogP contribution in [0, 0.1) is 5.82 Å². The lowest BCUT2D eigenvalue weighted by atomic mass is 10.0. The molecule has 2 amide bonds. The Balaban J connectivity index is 1.89. The first kappa shape index (κ1) is 18.9. The molecule has 0 saturated heterocycles. The van der Waals surface area contributed by atoms with Gasteiger partial charge in [-0.25, -0.2) is 9.18 Å². The first-order valence-corrected chi connectivity index (χ1v) is 8.51.